The van der Waals surface area contributed by atoms with E-state index in [9.17, 15) is 13.6 Å². The van der Waals surface area contributed by atoms with Crippen LogP contribution in [0.2, 0.25) is 0 Å². The van der Waals surface area contributed by atoms with Crippen LogP contribution in [0.15, 0.2) is 53.6 Å². The minimum atomic E-state index is -0.618. The Balaban J connectivity index is 1.46. The molecule has 5 rings (SSSR count). The van der Waals surface area contributed by atoms with Crippen molar-refractivity contribution in [3.63, 3.8) is 0 Å². The Hall–Kier alpha value is -3.17. The maximum absolute atomic E-state index is 14.0. The molecule has 1 aliphatic heterocycles. The number of carbonyl (C=O) groups excluding carboxylic acids is 1. The molecule has 0 saturated carbocycles. The Kier molecular flexibility index (Phi) is 7.35. The lowest BCUT2D eigenvalue weighted by Gasteiger charge is -2.42. The number of nitrogens with zero attached hydrogens (tertiary/aromatic N) is 2. The van der Waals surface area contributed by atoms with E-state index in [1.54, 1.807) is 12.1 Å². The maximum Gasteiger partial charge on any atom is 0.339 e. The zero-order chi connectivity index (χ0) is 26.0. The second-order valence-corrected chi connectivity index (χ2v) is 10.9. The van der Waals surface area contributed by atoms with E-state index in [2.05, 4.69) is 28.3 Å². The van der Waals surface area contributed by atoms with Crippen LogP contribution in [0.25, 0.3) is 0 Å². The number of hydrogen-bond acceptors (Lipinski definition) is 7. The fourth-order valence-corrected chi connectivity index (χ4v) is 5.77. The van der Waals surface area contributed by atoms with E-state index in [0.29, 0.717) is 41.7 Å². The van der Waals surface area contributed by atoms with E-state index in [1.807, 2.05) is 0 Å². The van der Waals surface area contributed by atoms with Crippen LogP contribution >= 0.6 is 11.9 Å². The Morgan fingerprint density at radius 2 is 1.84 bits per heavy atom. The van der Waals surface area contributed by atoms with Crippen molar-refractivity contribution in [2.45, 2.75) is 37.7 Å². The molecule has 2 aliphatic rings. The lowest BCUT2D eigenvalue weighted by Crippen LogP contribution is -2.47. The third kappa shape index (κ3) is 5.88. The molecule has 3 aromatic rings. The van der Waals surface area contributed by atoms with Crippen LogP contribution in [0.4, 0.5) is 14.5 Å². The summed E-state index contributed by atoms with van der Waals surface area (Å²) in [6, 6.07) is 11.1. The Labute approximate surface area is 219 Å². The van der Waals surface area contributed by atoms with Crippen molar-refractivity contribution in [3.05, 3.63) is 82.7 Å². The van der Waals surface area contributed by atoms with Crippen molar-refractivity contribution in [1.82, 2.24) is 4.98 Å². The van der Waals surface area contributed by atoms with Gasteiger partial charge in [0.2, 0.25) is 0 Å². The molecule has 1 saturated heterocycles. The van der Waals surface area contributed by atoms with Crippen LogP contribution in [-0.2, 0) is 28.9 Å². The van der Waals surface area contributed by atoms with E-state index >= 15 is 0 Å². The first-order valence-corrected chi connectivity index (χ1v) is 12.9. The largest absolute Gasteiger partial charge is 0.485 e. The number of carbonyl (C=O) groups is 1. The SMILES string of the molecule is COC(=O)c1ccc(COc2cc3c(cc2N(CC2(C)COC2)Sc2cc(F)cc(F)c2)CCC3)nc1. The van der Waals surface area contributed by atoms with Crippen LogP contribution in [0.1, 0.15) is 40.5 Å². The molecule has 0 atom stereocenters. The standard InChI is InChI=1S/C28H28F2N2O4S/c1-28(16-35-17-28)15-32(37-24-11-21(29)10-22(30)12-24)25-8-18-4-3-5-19(18)9-26(25)36-14-23-7-6-20(13-31-23)27(33)34-2/h6-13H,3-5,14-17H2,1-2H3. The van der Waals surface area contributed by atoms with E-state index in [4.69, 9.17) is 14.2 Å². The molecular formula is C28H28F2N2O4S. The lowest BCUT2D eigenvalue weighted by molar-refractivity contribution is -0.0939. The number of aryl methyl sites for hydroxylation is 2. The van der Waals surface area contributed by atoms with E-state index < -0.39 is 17.6 Å². The van der Waals surface area contributed by atoms with Gasteiger partial charge in [0.1, 0.15) is 24.0 Å². The number of esters is 1. The summed E-state index contributed by atoms with van der Waals surface area (Å²) in [6.07, 6.45) is 4.49. The minimum Gasteiger partial charge on any atom is -0.485 e. The smallest absolute Gasteiger partial charge is 0.339 e. The van der Waals surface area contributed by atoms with Gasteiger partial charge in [0, 0.05) is 29.1 Å². The summed E-state index contributed by atoms with van der Waals surface area (Å²) in [6.45, 7) is 4.16. The molecule has 0 unspecified atom stereocenters. The minimum absolute atomic E-state index is 0.0968. The number of halogens is 2. The number of benzene rings is 2. The van der Waals surface area contributed by atoms with Gasteiger partial charge in [-0.05, 0) is 78.7 Å². The molecule has 9 heteroatoms. The average molecular weight is 527 g/mol. The Bertz CT molecular complexity index is 1280. The number of methoxy groups -OCH3 is 1. The first kappa shape index (κ1) is 25.5. The number of fused-ring (bicyclic) bond motifs is 1. The highest BCUT2D eigenvalue weighted by Crippen LogP contribution is 2.43. The summed E-state index contributed by atoms with van der Waals surface area (Å²) in [5.74, 6) is -1.01. The van der Waals surface area contributed by atoms with Crippen LogP contribution in [-0.4, -0.2) is 37.8 Å². The summed E-state index contributed by atoms with van der Waals surface area (Å²) in [4.78, 5) is 16.5. The molecule has 194 valence electrons. The van der Waals surface area contributed by atoms with E-state index in [1.165, 1.54) is 48.5 Å². The van der Waals surface area contributed by atoms with Crippen LogP contribution in [0.3, 0.4) is 0 Å². The van der Waals surface area contributed by atoms with Gasteiger partial charge >= 0.3 is 5.97 Å². The lowest BCUT2D eigenvalue weighted by atomic mass is 9.88. The summed E-state index contributed by atoms with van der Waals surface area (Å²) >= 11 is 1.29. The molecule has 0 N–H and O–H groups in total. The monoisotopic (exact) mass is 526 g/mol. The zero-order valence-corrected chi connectivity index (χ0v) is 21.6. The van der Waals surface area contributed by atoms with Crippen molar-refractivity contribution in [2.24, 2.45) is 5.41 Å². The number of rotatable bonds is 9. The van der Waals surface area contributed by atoms with Crippen LogP contribution in [0.5, 0.6) is 5.75 Å². The molecule has 6 nitrogen and oxygen atoms in total. The summed E-state index contributed by atoms with van der Waals surface area (Å²) in [5.41, 5.74) is 4.27. The molecule has 1 aromatic heterocycles. The van der Waals surface area contributed by atoms with Gasteiger partial charge in [0.25, 0.3) is 0 Å². The first-order valence-electron chi connectivity index (χ1n) is 12.1. The number of hydrogen-bond donors (Lipinski definition) is 0. The van der Waals surface area contributed by atoms with Crippen molar-refractivity contribution in [3.8, 4) is 5.75 Å². The average Bonchev–Trinajstić information content (AvgIpc) is 3.32. The summed E-state index contributed by atoms with van der Waals surface area (Å²) in [7, 11) is 1.33. The van der Waals surface area contributed by atoms with E-state index in [-0.39, 0.29) is 12.0 Å². The number of anilines is 1. The third-order valence-electron chi connectivity index (χ3n) is 6.54. The molecule has 0 radical (unpaired) electrons. The fraction of sp³-hybridized carbons (Fsp3) is 0.357. The second kappa shape index (κ2) is 10.7. The number of pyridine rings is 1. The maximum atomic E-state index is 14.0. The quantitative estimate of drug-likeness (QED) is 0.259. The Morgan fingerprint density at radius 3 is 2.46 bits per heavy atom. The van der Waals surface area contributed by atoms with E-state index in [0.717, 1.165) is 31.0 Å². The van der Waals surface area contributed by atoms with Gasteiger partial charge in [0.15, 0.2) is 0 Å². The van der Waals surface area contributed by atoms with Gasteiger partial charge in [-0.15, -0.1) is 0 Å². The van der Waals surface area contributed by atoms with Crippen molar-refractivity contribution in [1.29, 1.82) is 0 Å². The molecule has 1 aliphatic carbocycles. The topological polar surface area (TPSA) is 60.9 Å². The highest BCUT2D eigenvalue weighted by Gasteiger charge is 2.37. The van der Waals surface area contributed by atoms with Crippen molar-refractivity contribution in [2.75, 3.05) is 31.2 Å². The molecule has 2 aromatic carbocycles. The predicted octanol–water partition coefficient (Wildman–Crippen LogP) is 5.76. The predicted molar refractivity (Wildman–Crippen MR) is 137 cm³/mol. The van der Waals surface area contributed by atoms with Gasteiger partial charge in [0.05, 0.1) is 37.3 Å². The van der Waals surface area contributed by atoms with Gasteiger partial charge in [-0.2, -0.15) is 0 Å². The highest BCUT2D eigenvalue weighted by molar-refractivity contribution is 8.00. The third-order valence-corrected chi connectivity index (χ3v) is 7.53. The van der Waals surface area contributed by atoms with Crippen molar-refractivity contribution >= 4 is 23.6 Å². The van der Waals surface area contributed by atoms with Crippen LogP contribution < -0.4 is 9.04 Å². The van der Waals surface area contributed by atoms with Crippen molar-refractivity contribution < 1.29 is 27.8 Å². The molecular weight excluding hydrogens is 498 g/mol. The fourth-order valence-electron chi connectivity index (χ4n) is 4.56. The molecule has 2 heterocycles. The number of ether oxygens (including phenoxy) is 3. The summed E-state index contributed by atoms with van der Waals surface area (Å²) < 4.78 is 46.6. The zero-order valence-electron chi connectivity index (χ0n) is 20.8. The van der Waals surface area contributed by atoms with Crippen LogP contribution in [0, 0.1) is 17.0 Å². The molecule has 0 spiro atoms. The summed E-state index contributed by atoms with van der Waals surface area (Å²) in [5, 5.41) is 0. The van der Waals surface area contributed by atoms with Gasteiger partial charge in [-0.25, -0.2) is 13.6 Å². The normalized spacial score (nSPS) is 15.6. The molecule has 1 fully saturated rings. The van der Waals surface area contributed by atoms with Gasteiger partial charge in [-0.3, -0.25) is 4.98 Å². The number of aromatic nitrogens is 1. The van der Waals surface area contributed by atoms with Gasteiger partial charge < -0.3 is 18.5 Å². The highest BCUT2D eigenvalue weighted by atomic mass is 32.2. The second-order valence-electron chi connectivity index (χ2n) is 9.80. The molecule has 0 amide bonds. The molecule has 37 heavy (non-hydrogen) atoms. The first-order chi connectivity index (χ1) is 17.8. The Morgan fingerprint density at radius 1 is 1.11 bits per heavy atom. The van der Waals surface area contributed by atoms with Gasteiger partial charge in [-0.1, -0.05) is 6.92 Å². The molecule has 0 bridgehead atoms.